The third-order valence-electron chi connectivity index (χ3n) is 1.75. The molecule has 0 saturated heterocycles. The molecule has 2 N–H and O–H groups in total. The number of nitrogens with one attached hydrogen (secondary N) is 2. The zero-order chi connectivity index (χ0) is 9.64. The largest absolute Gasteiger partial charge is 0.192 e. The van der Waals surface area contributed by atoms with E-state index in [2.05, 4.69) is 21.2 Å². The van der Waals surface area contributed by atoms with Crippen molar-refractivity contribution in [1.29, 1.82) is 0 Å². The van der Waals surface area contributed by atoms with E-state index in [-0.39, 0.29) is 0 Å². The van der Waals surface area contributed by atoms with Crippen molar-refractivity contribution >= 4 is 12.4 Å². The van der Waals surface area contributed by atoms with Crippen LogP contribution in [0.25, 0.3) is 0 Å². The SMILES string of the molecule is C1=NNN(NCc2ccccc2)N=C1. The standard InChI is InChI=1S/C9H11N5/c1-2-4-9(5-3-1)8-12-14-11-7-6-10-13-14/h1-7,12-13H,8H2. The van der Waals surface area contributed by atoms with Gasteiger partial charge in [-0.2, -0.15) is 16.1 Å². The maximum atomic E-state index is 3.98. The monoisotopic (exact) mass is 189 g/mol. The minimum atomic E-state index is 0.709. The second-order valence-corrected chi connectivity index (χ2v) is 2.78. The van der Waals surface area contributed by atoms with Crippen LogP contribution in [0, 0.1) is 0 Å². The summed E-state index contributed by atoms with van der Waals surface area (Å²) >= 11 is 0. The third kappa shape index (κ3) is 2.30. The van der Waals surface area contributed by atoms with Crippen molar-refractivity contribution in [1.82, 2.24) is 16.2 Å². The molecule has 1 aliphatic heterocycles. The minimum absolute atomic E-state index is 0.709. The molecule has 0 fully saturated rings. The van der Waals surface area contributed by atoms with Crippen molar-refractivity contribution in [2.45, 2.75) is 6.54 Å². The summed E-state index contributed by atoms with van der Waals surface area (Å²) < 4.78 is 0. The molecule has 1 aromatic carbocycles. The second-order valence-electron chi connectivity index (χ2n) is 2.78. The van der Waals surface area contributed by atoms with Crippen LogP contribution in [0.2, 0.25) is 0 Å². The lowest BCUT2D eigenvalue weighted by molar-refractivity contribution is 0.118. The number of hydrazine groups is 2. The van der Waals surface area contributed by atoms with Gasteiger partial charge in [-0.3, -0.25) is 0 Å². The van der Waals surface area contributed by atoms with Crippen LogP contribution in [0.15, 0.2) is 40.5 Å². The van der Waals surface area contributed by atoms with Crippen molar-refractivity contribution in [2.24, 2.45) is 10.2 Å². The Balaban J connectivity index is 1.83. The van der Waals surface area contributed by atoms with Crippen LogP contribution < -0.4 is 11.0 Å². The lowest BCUT2D eigenvalue weighted by Gasteiger charge is -2.19. The molecule has 1 aromatic rings. The van der Waals surface area contributed by atoms with E-state index in [9.17, 15) is 0 Å². The molecule has 5 nitrogen and oxygen atoms in total. The predicted octanol–water partition coefficient (Wildman–Crippen LogP) is 0.483. The highest BCUT2D eigenvalue weighted by atomic mass is 15.9. The van der Waals surface area contributed by atoms with Crippen molar-refractivity contribution in [3.63, 3.8) is 0 Å². The number of hydrogen-bond donors (Lipinski definition) is 2. The van der Waals surface area contributed by atoms with Crippen LogP contribution in [-0.2, 0) is 6.54 Å². The van der Waals surface area contributed by atoms with Gasteiger partial charge in [0.2, 0.25) is 0 Å². The smallest absolute Gasteiger partial charge is 0.0709 e. The van der Waals surface area contributed by atoms with Crippen LogP contribution in [-0.4, -0.2) is 17.7 Å². The molecule has 1 aliphatic rings. The zero-order valence-electron chi connectivity index (χ0n) is 7.59. The predicted molar refractivity (Wildman–Crippen MR) is 55.2 cm³/mol. The van der Waals surface area contributed by atoms with Crippen molar-refractivity contribution in [3.8, 4) is 0 Å². The third-order valence-corrected chi connectivity index (χ3v) is 1.75. The first-order valence-corrected chi connectivity index (χ1v) is 4.34. The fourth-order valence-electron chi connectivity index (χ4n) is 1.08. The number of benzene rings is 1. The first-order valence-electron chi connectivity index (χ1n) is 4.34. The Morgan fingerprint density at radius 3 is 2.79 bits per heavy atom. The van der Waals surface area contributed by atoms with E-state index in [1.54, 1.807) is 12.4 Å². The average Bonchev–Trinajstić information content (AvgIpc) is 2.29. The molecule has 0 aliphatic carbocycles. The molecule has 1 heterocycles. The summed E-state index contributed by atoms with van der Waals surface area (Å²) in [4.78, 5) is 0. The molecule has 72 valence electrons. The normalized spacial score (nSPS) is 14.1. The molecule has 0 spiro atoms. The fourth-order valence-corrected chi connectivity index (χ4v) is 1.08. The van der Waals surface area contributed by atoms with Gasteiger partial charge < -0.3 is 0 Å². The maximum absolute atomic E-state index is 3.98. The number of nitrogens with zero attached hydrogens (tertiary/aromatic N) is 3. The van der Waals surface area contributed by atoms with Crippen molar-refractivity contribution in [2.75, 3.05) is 0 Å². The van der Waals surface area contributed by atoms with Gasteiger partial charge in [0.25, 0.3) is 0 Å². The lowest BCUT2D eigenvalue weighted by Crippen LogP contribution is -2.42. The highest BCUT2D eigenvalue weighted by Crippen LogP contribution is 1.97. The van der Waals surface area contributed by atoms with Crippen molar-refractivity contribution < 1.29 is 0 Å². The van der Waals surface area contributed by atoms with Crippen LogP contribution in [0.3, 0.4) is 0 Å². The van der Waals surface area contributed by atoms with Crippen LogP contribution >= 0.6 is 0 Å². The highest BCUT2D eigenvalue weighted by Gasteiger charge is 1.99. The van der Waals surface area contributed by atoms with E-state index < -0.39 is 0 Å². The Bertz CT molecular complexity index is 332. The lowest BCUT2D eigenvalue weighted by atomic mass is 10.2. The Kier molecular flexibility index (Phi) is 2.73. The summed E-state index contributed by atoms with van der Waals surface area (Å²) in [5.74, 6) is 0. The van der Waals surface area contributed by atoms with Gasteiger partial charge in [0.1, 0.15) is 0 Å². The summed E-state index contributed by atoms with van der Waals surface area (Å²) in [6.45, 7) is 0.709. The van der Waals surface area contributed by atoms with Crippen LogP contribution in [0.4, 0.5) is 0 Å². The van der Waals surface area contributed by atoms with Gasteiger partial charge in [-0.05, 0) is 5.56 Å². The molecular weight excluding hydrogens is 178 g/mol. The van der Waals surface area contributed by atoms with E-state index in [0.29, 0.717) is 6.54 Å². The van der Waals surface area contributed by atoms with Gasteiger partial charge in [-0.15, -0.1) is 10.3 Å². The van der Waals surface area contributed by atoms with E-state index in [1.165, 1.54) is 10.8 Å². The number of hydrogen-bond acceptors (Lipinski definition) is 5. The summed E-state index contributed by atoms with van der Waals surface area (Å²) in [6.07, 6.45) is 3.19. The Labute approximate surface area is 82.1 Å². The first-order chi connectivity index (χ1) is 6.95. The van der Waals surface area contributed by atoms with Gasteiger partial charge in [0.15, 0.2) is 0 Å². The van der Waals surface area contributed by atoms with Crippen molar-refractivity contribution in [3.05, 3.63) is 35.9 Å². The van der Waals surface area contributed by atoms with Gasteiger partial charge in [0, 0.05) is 6.54 Å². The molecule has 0 radical (unpaired) electrons. The van der Waals surface area contributed by atoms with E-state index in [1.807, 2.05) is 30.3 Å². The maximum Gasteiger partial charge on any atom is 0.0709 e. The van der Waals surface area contributed by atoms with Gasteiger partial charge in [-0.1, -0.05) is 30.3 Å². The molecule has 0 unspecified atom stereocenters. The van der Waals surface area contributed by atoms with E-state index in [0.717, 1.165) is 0 Å². The quantitative estimate of drug-likeness (QED) is 0.727. The summed E-state index contributed by atoms with van der Waals surface area (Å²) in [5, 5.41) is 9.26. The molecule has 0 bridgehead atoms. The molecular formula is C9H11N5. The Morgan fingerprint density at radius 2 is 2.07 bits per heavy atom. The molecule has 0 amide bonds. The zero-order valence-corrected chi connectivity index (χ0v) is 7.59. The number of rotatable bonds is 3. The number of hydrazone groups is 2. The molecule has 0 atom stereocenters. The fraction of sp³-hybridized carbons (Fsp3) is 0.111. The summed E-state index contributed by atoms with van der Waals surface area (Å²) in [5.41, 5.74) is 6.93. The van der Waals surface area contributed by atoms with Crippen LogP contribution in [0.1, 0.15) is 5.56 Å². The molecule has 2 rings (SSSR count). The topological polar surface area (TPSA) is 52.0 Å². The molecule has 5 heteroatoms. The van der Waals surface area contributed by atoms with Gasteiger partial charge in [0.05, 0.1) is 12.4 Å². The average molecular weight is 189 g/mol. The minimum Gasteiger partial charge on any atom is -0.192 e. The van der Waals surface area contributed by atoms with Gasteiger partial charge >= 0.3 is 0 Å². The molecule has 14 heavy (non-hydrogen) atoms. The summed E-state index contributed by atoms with van der Waals surface area (Å²) in [6, 6.07) is 10.1. The van der Waals surface area contributed by atoms with Gasteiger partial charge in [-0.25, -0.2) is 0 Å². The Morgan fingerprint density at radius 1 is 1.21 bits per heavy atom. The van der Waals surface area contributed by atoms with E-state index >= 15 is 0 Å². The molecule has 0 aromatic heterocycles. The summed E-state index contributed by atoms with van der Waals surface area (Å²) in [7, 11) is 0. The molecule has 0 saturated carbocycles. The Hall–Kier alpha value is -1.88. The highest BCUT2D eigenvalue weighted by molar-refractivity contribution is 6.16. The van der Waals surface area contributed by atoms with Crippen LogP contribution in [0.5, 0.6) is 0 Å². The first kappa shape index (κ1) is 8.71. The second kappa shape index (κ2) is 4.38. The van der Waals surface area contributed by atoms with E-state index in [4.69, 9.17) is 0 Å².